The fraction of sp³-hybridized carbons (Fsp3) is 0.700. The van der Waals surface area contributed by atoms with Crippen molar-refractivity contribution in [2.45, 2.75) is 44.3 Å². The first kappa shape index (κ1) is 20.3. The lowest BCUT2D eigenvalue weighted by atomic mass is 10.1. The lowest BCUT2D eigenvalue weighted by Crippen LogP contribution is -2.38. The van der Waals surface area contributed by atoms with Crippen LogP contribution < -0.4 is 9.47 Å². The molecule has 0 spiro atoms. The topological polar surface area (TPSA) is 45.2 Å². The second-order valence-electron chi connectivity index (χ2n) is 7.59. The fourth-order valence-corrected chi connectivity index (χ4v) is 3.73. The third-order valence-electron chi connectivity index (χ3n) is 5.32. The van der Waals surface area contributed by atoms with Crippen molar-refractivity contribution in [1.82, 2.24) is 9.80 Å². The van der Waals surface area contributed by atoms with Crippen molar-refractivity contribution < 1.29 is 23.4 Å². The quantitative estimate of drug-likeness (QED) is 0.747. The zero-order valence-corrected chi connectivity index (χ0v) is 16.0. The molecular formula is C20H30F2N2O3. The minimum Gasteiger partial charge on any atom is -0.493 e. The van der Waals surface area contributed by atoms with Crippen LogP contribution >= 0.6 is 0 Å². The van der Waals surface area contributed by atoms with Gasteiger partial charge in [0.25, 0.3) is 5.92 Å². The van der Waals surface area contributed by atoms with Crippen LogP contribution in [0.2, 0.25) is 0 Å². The number of halogens is 2. The first-order valence-corrected chi connectivity index (χ1v) is 9.75. The molecule has 27 heavy (non-hydrogen) atoms. The molecule has 2 aliphatic heterocycles. The van der Waals surface area contributed by atoms with E-state index in [1.165, 1.54) is 12.8 Å². The summed E-state index contributed by atoms with van der Waals surface area (Å²) in [5.41, 5.74) is 1.00. The van der Waals surface area contributed by atoms with E-state index < -0.39 is 12.0 Å². The maximum atomic E-state index is 13.3. The molecule has 1 N–H and O–H groups in total. The fourth-order valence-electron chi connectivity index (χ4n) is 3.73. The molecular weight excluding hydrogens is 354 g/mol. The van der Waals surface area contributed by atoms with Crippen LogP contribution in [0, 0.1) is 0 Å². The third kappa shape index (κ3) is 6.02. The average Bonchev–Trinajstić information content (AvgIpc) is 3.15. The smallest absolute Gasteiger partial charge is 0.250 e. The van der Waals surface area contributed by atoms with Gasteiger partial charge in [-0.05, 0) is 43.6 Å². The van der Waals surface area contributed by atoms with Crippen molar-refractivity contribution >= 4 is 0 Å². The van der Waals surface area contributed by atoms with Crippen LogP contribution in [0.25, 0.3) is 0 Å². The predicted molar refractivity (Wildman–Crippen MR) is 99.6 cm³/mol. The van der Waals surface area contributed by atoms with Crippen LogP contribution in [0.15, 0.2) is 18.2 Å². The van der Waals surface area contributed by atoms with Crippen LogP contribution in [0.5, 0.6) is 11.5 Å². The Balaban J connectivity index is 1.51. The Morgan fingerprint density at radius 1 is 1.07 bits per heavy atom. The molecule has 0 bridgehead atoms. The zero-order valence-electron chi connectivity index (χ0n) is 16.0. The predicted octanol–water partition coefficient (Wildman–Crippen LogP) is 2.76. The number of aliphatic hydroxyl groups is 1. The Kier molecular flexibility index (Phi) is 6.89. The second kappa shape index (κ2) is 9.17. The largest absolute Gasteiger partial charge is 0.493 e. The summed E-state index contributed by atoms with van der Waals surface area (Å²) in [5, 5.41) is 10.2. The molecule has 1 unspecified atom stereocenters. The van der Waals surface area contributed by atoms with Crippen LogP contribution in [0.3, 0.4) is 0 Å². The Labute approximate surface area is 159 Å². The van der Waals surface area contributed by atoms with Gasteiger partial charge in [-0.3, -0.25) is 4.90 Å². The maximum absolute atomic E-state index is 13.3. The average molecular weight is 384 g/mol. The molecule has 0 aromatic heterocycles. The van der Waals surface area contributed by atoms with Crippen molar-refractivity contribution in [2.24, 2.45) is 0 Å². The number of benzene rings is 1. The van der Waals surface area contributed by atoms with Gasteiger partial charge < -0.3 is 19.5 Å². The summed E-state index contributed by atoms with van der Waals surface area (Å²) in [4.78, 5) is 4.28. The van der Waals surface area contributed by atoms with Crippen molar-refractivity contribution in [3.63, 3.8) is 0 Å². The van der Waals surface area contributed by atoms with Gasteiger partial charge in [0, 0.05) is 39.0 Å². The number of likely N-dealkylation sites (tertiary alicyclic amines) is 2. The molecule has 0 aliphatic carbocycles. The first-order valence-electron chi connectivity index (χ1n) is 9.75. The summed E-state index contributed by atoms with van der Waals surface area (Å²) in [6, 6.07) is 5.64. The SMILES string of the molecule is COc1cc(CN2CCC(F)(F)CC2)ccc1OCC(O)CN1CCCC1. The third-order valence-corrected chi connectivity index (χ3v) is 5.32. The Bertz CT molecular complexity index is 599. The van der Waals surface area contributed by atoms with Gasteiger partial charge >= 0.3 is 0 Å². The van der Waals surface area contributed by atoms with E-state index in [-0.39, 0.29) is 19.4 Å². The summed E-state index contributed by atoms with van der Waals surface area (Å²) in [5.74, 6) is -1.34. The highest BCUT2D eigenvalue weighted by atomic mass is 19.3. The number of β-amino-alcohol motifs (C(OH)–C–C–N with tert-alkyl or cyclic N) is 1. The maximum Gasteiger partial charge on any atom is 0.250 e. The number of ether oxygens (including phenoxy) is 2. The van der Waals surface area contributed by atoms with E-state index in [4.69, 9.17) is 9.47 Å². The number of hydrogen-bond acceptors (Lipinski definition) is 5. The minimum absolute atomic E-state index is 0.0831. The number of piperidine rings is 1. The Morgan fingerprint density at radius 3 is 2.44 bits per heavy atom. The van der Waals surface area contributed by atoms with Crippen LogP contribution in [-0.4, -0.2) is 73.4 Å². The molecule has 0 radical (unpaired) electrons. The van der Waals surface area contributed by atoms with Crippen molar-refractivity contribution in [1.29, 1.82) is 0 Å². The van der Waals surface area contributed by atoms with Crippen molar-refractivity contribution in [3.05, 3.63) is 23.8 Å². The summed E-state index contributed by atoms with van der Waals surface area (Å²) >= 11 is 0. The molecule has 5 nitrogen and oxygen atoms in total. The van der Waals surface area contributed by atoms with Gasteiger partial charge in [-0.15, -0.1) is 0 Å². The molecule has 2 aliphatic rings. The highest BCUT2D eigenvalue weighted by Crippen LogP contribution is 2.31. The highest BCUT2D eigenvalue weighted by Gasteiger charge is 2.33. The summed E-state index contributed by atoms with van der Waals surface area (Å²) < 4.78 is 37.7. The van der Waals surface area contributed by atoms with Gasteiger partial charge in [-0.2, -0.15) is 0 Å². The number of nitrogens with zero attached hydrogens (tertiary/aromatic N) is 2. The van der Waals surface area contributed by atoms with Crippen molar-refractivity contribution in [2.75, 3.05) is 46.4 Å². The number of rotatable bonds is 8. The molecule has 1 aromatic rings. The van der Waals surface area contributed by atoms with Gasteiger partial charge in [0.1, 0.15) is 12.7 Å². The molecule has 0 amide bonds. The monoisotopic (exact) mass is 384 g/mol. The summed E-state index contributed by atoms with van der Waals surface area (Å²) in [6.07, 6.45) is 1.68. The van der Waals surface area contributed by atoms with E-state index in [0.29, 0.717) is 37.7 Å². The van der Waals surface area contributed by atoms with Gasteiger partial charge in [0.15, 0.2) is 11.5 Å². The van der Waals surface area contributed by atoms with E-state index >= 15 is 0 Å². The van der Waals surface area contributed by atoms with Crippen LogP contribution in [0.4, 0.5) is 8.78 Å². The molecule has 7 heteroatoms. The molecule has 2 heterocycles. The normalized spacial score (nSPS) is 21.9. The van der Waals surface area contributed by atoms with E-state index in [1.54, 1.807) is 7.11 Å². The number of alkyl halides is 2. The zero-order chi connectivity index (χ0) is 19.3. The molecule has 1 atom stereocenters. The Morgan fingerprint density at radius 2 is 1.78 bits per heavy atom. The highest BCUT2D eigenvalue weighted by molar-refractivity contribution is 5.43. The Hall–Kier alpha value is -1.44. The summed E-state index contributed by atoms with van der Waals surface area (Å²) in [7, 11) is 1.58. The van der Waals surface area contributed by atoms with Crippen LogP contribution in [0.1, 0.15) is 31.2 Å². The number of methoxy groups -OCH3 is 1. The lowest BCUT2D eigenvalue weighted by Gasteiger charge is -2.31. The molecule has 1 aromatic carbocycles. The van der Waals surface area contributed by atoms with Crippen molar-refractivity contribution in [3.8, 4) is 11.5 Å². The molecule has 0 saturated carbocycles. The van der Waals surface area contributed by atoms with E-state index in [0.717, 1.165) is 18.7 Å². The van der Waals surface area contributed by atoms with E-state index in [2.05, 4.69) is 4.90 Å². The molecule has 152 valence electrons. The van der Waals surface area contributed by atoms with Crippen LogP contribution in [-0.2, 0) is 6.54 Å². The first-order chi connectivity index (χ1) is 12.9. The molecule has 3 rings (SSSR count). The number of aliphatic hydroxyl groups excluding tert-OH is 1. The second-order valence-corrected chi connectivity index (χ2v) is 7.59. The van der Waals surface area contributed by atoms with E-state index in [1.807, 2.05) is 23.1 Å². The molecule has 2 saturated heterocycles. The molecule has 2 fully saturated rings. The van der Waals surface area contributed by atoms with E-state index in [9.17, 15) is 13.9 Å². The van der Waals surface area contributed by atoms with Gasteiger partial charge in [-0.25, -0.2) is 8.78 Å². The lowest BCUT2D eigenvalue weighted by molar-refractivity contribution is -0.0566. The standard InChI is InChI=1S/C20H30F2N2O3/c1-26-19-12-16(13-24-10-6-20(21,22)7-11-24)4-5-18(19)27-15-17(25)14-23-8-2-3-9-23/h4-5,12,17,25H,2-3,6-11,13-15H2,1H3. The number of hydrogen-bond donors (Lipinski definition) is 1. The van der Waals surface area contributed by atoms with Gasteiger partial charge in [-0.1, -0.05) is 6.07 Å². The van der Waals surface area contributed by atoms with Gasteiger partial charge in [0.2, 0.25) is 0 Å². The summed E-state index contributed by atoms with van der Waals surface area (Å²) in [6.45, 7) is 4.33. The minimum atomic E-state index is -2.53. The van der Waals surface area contributed by atoms with Gasteiger partial charge in [0.05, 0.1) is 7.11 Å².